The standard InChI is InChI=1S/C21H17N3O2S/c1-14-5-4-6-15(11-14)12-24-13-16(9-10-19(24)25)20(26)23-21-22-17-7-2-3-8-18(17)27-21/h2-11,13H,12H2,1H3,(H,22,23,26). The maximum Gasteiger partial charge on any atom is 0.258 e. The van der Waals surface area contributed by atoms with Crippen LogP contribution in [0.25, 0.3) is 10.2 Å². The number of pyridine rings is 1. The molecular weight excluding hydrogens is 358 g/mol. The number of nitrogens with zero attached hydrogens (tertiary/aromatic N) is 2. The van der Waals surface area contributed by atoms with Crippen molar-refractivity contribution < 1.29 is 4.79 Å². The van der Waals surface area contributed by atoms with Crippen LogP contribution < -0.4 is 10.9 Å². The first-order chi connectivity index (χ1) is 13.1. The zero-order valence-electron chi connectivity index (χ0n) is 14.7. The quantitative estimate of drug-likeness (QED) is 0.585. The molecule has 1 amide bonds. The first kappa shape index (κ1) is 17.2. The van der Waals surface area contributed by atoms with E-state index in [4.69, 9.17) is 0 Å². The average molecular weight is 375 g/mol. The number of para-hydroxylation sites is 1. The second kappa shape index (κ2) is 7.17. The van der Waals surface area contributed by atoms with E-state index in [1.165, 1.54) is 23.5 Å². The number of amides is 1. The van der Waals surface area contributed by atoms with Crippen LogP contribution in [0.1, 0.15) is 21.5 Å². The molecule has 0 aliphatic carbocycles. The molecule has 4 aromatic rings. The first-order valence-electron chi connectivity index (χ1n) is 8.51. The van der Waals surface area contributed by atoms with Gasteiger partial charge in [0.05, 0.1) is 22.3 Å². The Morgan fingerprint density at radius 2 is 1.96 bits per heavy atom. The van der Waals surface area contributed by atoms with Gasteiger partial charge in [0, 0.05) is 12.3 Å². The van der Waals surface area contributed by atoms with Gasteiger partial charge in [-0.15, -0.1) is 0 Å². The fraction of sp³-hybridized carbons (Fsp3) is 0.0952. The highest BCUT2D eigenvalue weighted by atomic mass is 32.1. The Hall–Kier alpha value is -3.25. The normalized spacial score (nSPS) is 10.9. The topological polar surface area (TPSA) is 64.0 Å². The number of nitrogens with one attached hydrogen (secondary N) is 1. The Morgan fingerprint density at radius 3 is 2.78 bits per heavy atom. The summed E-state index contributed by atoms with van der Waals surface area (Å²) in [6, 6.07) is 18.6. The largest absolute Gasteiger partial charge is 0.310 e. The molecule has 2 heterocycles. The predicted octanol–water partition coefficient (Wildman–Crippen LogP) is 4.07. The van der Waals surface area contributed by atoms with E-state index in [-0.39, 0.29) is 11.5 Å². The molecule has 134 valence electrons. The lowest BCUT2D eigenvalue weighted by atomic mass is 10.1. The molecule has 5 nitrogen and oxygen atoms in total. The number of hydrogen-bond acceptors (Lipinski definition) is 4. The summed E-state index contributed by atoms with van der Waals surface area (Å²) in [6.07, 6.45) is 1.59. The van der Waals surface area contributed by atoms with E-state index in [2.05, 4.69) is 10.3 Å². The second-order valence-corrected chi connectivity index (χ2v) is 7.34. The third kappa shape index (κ3) is 3.80. The van der Waals surface area contributed by atoms with Gasteiger partial charge in [0.15, 0.2) is 5.13 Å². The van der Waals surface area contributed by atoms with Crippen LogP contribution in [0.2, 0.25) is 0 Å². The number of thiazole rings is 1. The molecule has 0 fully saturated rings. The van der Waals surface area contributed by atoms with Gasteiger partial charge in [-0.2, -0.15) is 0 Å². The average Bonchev–Trinajstić information content (AvgIpc) is 3.05. The van der Waals surface area contributed by atoms with Crippen LogP contribution in [0.15, 0.2) is 71.7 Å². The highest BCUT2D eigenvalue weighted by molar-refractivity contribution is 7.22. The van der Waals surface area contributed by atoms with Gasteiger partial charge in [-0.1, -0.05) is 53.3 Å². The van der Waals surface area contributed by atoms with Gasteiger partial charge < -0.3 is 4.57 Å². The lowest BCUT2D eigenvalue weighted by molar-refractivity contribution is 0.102. The lowest BCUT2D eigenvalue weighted by Gasteiger charge is -2.09. The minimum atomic E-state index is -0.285. The van der Waals surface area contributed by atoms with Crippen LogP contribution in [-0.2, 0) is 6.54 Å². The number of aryl methyl sites for hydroxylation is 1. The van der Waals surface area contributed by atoms with Crippen LogP contribution in [-0.4, -0.2) is 15.5 Å². The number of carbonyl (C=O) groups excluding carboxylic acids is 1. The molecule has 2 aromatic heterocycles. The Kier molecular flexibility index (Phi) is 4.56. The van der Waals surface area contributed by atoms with Gasteiger partial charge in [0.25, 0.3) is 11.5 Å². The van der Waals surface area contributed by atoms with Gasteiger partial charge in [0.1, 0.15) is 0 Å². The Balaban J connectivity index is 1.57. The number of aromatic nitrogens is 2. The van der Waals surface area contributed by atoms with Crippen molar-refractivity contribution in [1.29, 1.82) is 0 Å². The molecule has 27 heavy (non-hydrogen) atoms. The van der Waals surface area contributed by atoms with Gasteiger partial charge in [-0.3, -0.25) is 14.9 Å². The van der Waals surface area contributed by atoms with Gasteiger partial charge in [-0.25, -0.2) is 4.98 Å². The van der Waals surface area contributed by atoms with Crippen molar-refractivity contribution in [3.8, 4) is 0 Å². The Bertz CT molecular complexity index is 1160. The van der Waals surface area contributed by atoms with Crippen LogP contribution in [0, 0.1) is 6.92 Å². The second-order valence-electron chi connectivity index (χ2n) is 6.31. The SMILES string of the molecule is Cc1cccc(Cn2cc(C(=O)Nc3nc4ccccc4s3)ccc2=O)c1. The van der Waals surface area contributed by atoms with Crippen molar-refractivity contribution in [3.63, 3.8) is 0 Å². The summed E-state index contributed by atoms with van der Waals surface area (Å²) in [5.74, 6) is -0.285. The summed E-state index contributed by atoms with van der Waals surface area (Å²) in [5.41, 5.74) is 3.27. The van der Waals surface area contributed by atoms with Crippen LogP contribution in [0.4, 0.5) is 5.13 Å². The maximum absolute atomic E-state index is 12.6. The molecular formula is C21H17N3O2S. The van der Waals surface area contributed by atoms with E-state index in [9.17, 15) is 9.59 Å². The molecule has 0 aliphatic rings. The van der Waals surface area contributed by atoms with Crippen molar-refractivity contribution >= 4 is 32.6 Å². The number of hydrogen-bond donors (Lipinski definition) is 1. The summed E-state index contributed by atoms with van der Waals surface area (Å²) >= 11 is 1.42. The maximum atomic E-state index is 12.6. The summed E-state index contributed by atoms with van der Waals surface area (Å²) in [5, 5.41) is 3.36. The molecule has 0 saturated carbocycles. The van der Waals surface area contributed by atoms with Crippen molar-refractivity contribution in [2.75, 3.05) is 5.32 Å². The van der Waals surface area contributed by atoms with E-state index in [0.29, 0.717) is 17.2 Å². The molecule has 0 bridgehead atoms. The number of anilines is 1. The zero-order valence-corrected chi connectivity index (χ0v) is 15.5. The van der Waals surface area contributed by atoms with Crippen molar-refractivity contribution in [2.45, 2.75) is 13.5 Å². The minimum absolute atomic E-state index is 0.145. The van der Waals surface area contributed by atoms with Crippen molar-refractivity contribution in [1.82, 2.24) is 9.55 Å². The summed E-state index contributed by atoms with van der Waals surface area (Å²) < 4.78 is 2.56. The Morgan fingerprint density at radius 1 is 1.11 bits per heavy atom. The fourth-order valence-electron chi connectivity index (χ4n) is 2.89. The number of carbonyl (C=O) groups is 1. The van der Waals surface area contributed by atoms with E-state index in [1.807, 2.05) is 55.5 Å². The van der Waals surface area contributed by atoms with Crippen molar-refractivity contribution in [2.24, 2.45) is 0 Å². The third-order valence-electron chi connectivity index (χ3n) is 4.20. The summed E-state index contributed by atoms with van der Waals surface area (Å²) in [6.45, 7) is 2.43. The molecule has 0 spiro atoms. The first-order valence-corrected chi connectivity index (χ1v) is 9.33. The zero-order chi connectivity index (χ0) is 18.8. The van der Waals surface area contributed by atoms with Gasteiger partial charge in [0.2, 0.25) is 0 Å². The smallest absolute Gasteiger partial charge is 0.258 e. The molecule has 0 aliphatic heterocycles. The summed E-state index contributed by atoms with van der Waals surface area (Å²) in [4.78, 5) is 29.2. The van der Waals surface area contributed by atoms with Crippen molar-refractivity contribution in [3.05, 3.63) is 93.9 Å². The van der Waals surface area contributed by atoms with Gasteiger partial charge >= 0.3 is 0 Å². The molecule has 0 unspecified atom stereocenters. The van der Waals surface area contributed by atoms with E-state index >= 15 is 0 Å². The molecule has 6 heteroatoms. The molecule has 1 N–H and O–H groups in total. The Labute approximate surface area is 159 Å². The van der Waals surface area contributed by atoms with E-state index in [1.54, 1.807) is 10.8 Å². The predicted molar refractivity (Wildman–Crippen MR) is 109 cm³/mol. The fourth-order valence-corrected chi connectivity index (χ4v) is 3.75. The molecule has 0 saturated heterocycles. The van der Waals surface area contributed by atoms with E-state index < -0.39 is 0 Å². The number of rotatable bonds is 4. The minimum Gasteiger partial charge on any atom is -0.310 e. The van der Waals surface area contributed by atoms with Gasteiger partial charge in [-0.05, 0) is 30.7 Å². The number of benzene rings is 2. The summed E-state index contributed by atoms with van der Waals surface area (Å²) in [7, 11) is 0. The third-order valence-corrected chi connectivity index (χ3v) is 5.15. The molecule has 0 radical (unpaired) electrons. The lowest BCUT2D eigenvalue weighted by Crippen LogP contribution is -2.22. The molecule has 2 aromatic carbocycles. The number of fused-ring (bicyclic) bond motifs is 1. The monoisotopic (exact) mass is 375 g/mol. The van der Waals surface area contributed by atoms with Crippen LogP contribution in [0.5, 0.6) is 0 Å². The van der Waals surface area contributed by atoms with Crippen LogP contribution >= 0.6 is 11.3 Å². The highest BCUT2D eigenvalue weighted by Gasteiger charge is 2.11. The molecule has 4 rings (SSSR count). The van der Waals surface area contributed by atoms with Crippen LogP contribution in [0.3, 0.4) is 0 Å². The highest BCUT2D eigenvalue weighted by Crippen LogP contribution is 2.25. The molecule has 0 atom stereocenters. The van der Waals surface area contributed by atoms with E-state index in [0.717, 1.165) is 21.3 Å².